The van der Waals surface area contributed by atoms with E-state index in [4.69, 9.17) is 10.5 Å². The SMILES string of the molecule is COc1cc(-c2cc3c(NC4CCCC4(C)F)c(C(N)=O)cnn3c2)ccn1. The van der Waals surface area contributed by atoms with Gasteiger partial charge < -0.3 is 15.8 Å². The van der Waals surface area contributed by atoms with Gasteiger partial charge in [-0.15, -0.1) is 0 Å². The highest BCUT2D eigenvalue weighted by Gasteiger charge is 2.39. The van der Waals surface area contributed by atoms with Crippen LogP contribution >= 0.6 is 0 Å². The maximum absolute atomic E-state index is 14.8. The van der Waals surface area contributed by atoms with Crippen molar-refractivity contribution in [3.63, 3.8) is 0 Å². The zero-order chi connectivity index (χ0) is 19.9. The third-order valence-electron chi connectivity index (χ3n) is 5.38. The Balaban J connectivity index is 1.82. The molecular weight excluding hydrogens is 361 g/mol. The Hall–Kier alpha value is -3.16. The van der Waals surface area contributed by atoms with Gasteiger partial charge in [-0.05, 0) is 43.9 Å². The number of methoxy groups -OCH3 is 1. The van der Waals surface area contributed by atoms with E-state index in [9.17, 15) is 9.18 Å². The number of amides is 1. The number of ether oxygens (including phenoxy) is 1. The number of nitrogens with two attached hydrogens (primary N) is 1. The molecule has 3 aromatic heterocycles. The highest BCUT2D eigenvalue weighted by atomic mass is 19.1. The van der Waals surface area contributed by atoms with Crippen LogP contribution in [0.2, 0.25) is 0 Å². The molecule has 0 aromatic carbocycles. The molecule has 3 heterocycles. The Kier molecular flexibility index (Phi) is 4.41. The van der Waals surface area contributed by atoms with Crippen molar-refractivity contribution in [2.45, 2.75) is 37.9 Å². The highest BCUT2D eigenvalue weighted by molar-refractivity contribution is 6.02. The second kappa shape index (κ2) is 6.78. The lowest BCUT2D eigenvalue weighted by atomic mass is 10.0. The molecule has 146 valence electrons. The van der Waals surface area contributed by atoms with Crippen LogP contribution < -0.4 is 15.8 Å². The van der Waals surface area contributed by atoms with E-state index in [-0.39, 0.29) is 5.56 Å². The summed E-state index contributed by atoms with van der Waals surface area (Å²) in [7, 11) is 1.56. The van der Waals surface area contributed by atoms with E-state index < -0.39 is 17.6 Å². The van der Waals surface area contributed by atoms with Gasteiger partial charge in [-0.1, -0.05) is 0 Å². The smallest absolute Gasteiger partial charge is 0.252 e. The summed E-state index contributed by atoms with van der Waals surface area (Å²) >= 11 is 0. The van der Waals surface area contributed by atoms with E-state index in [1.54, 1.807) is 24.7 Å². The number of nitrogens with zero attached hydrogens (tertiary/aromatic N) is 3. The van der Waals surface area contributed by atoms with E-state index in [1.807, 2.05) is 24.4 Å². The average Bonchev–Trinajstić information content (AvgIpc) is 3.25. The van der Waals surface area contributed by atoms with Crippen LogP contribution in [0.4, 0.5) is 10.1 Å². The van der Waals surface area contributed by atoms with Crippen LogP contribution in [0.3, 0.4) is 0 Å². The molecule has 8 heteroatoms. The molecule has 0 bridgehead atoms. The normalized spacial score (nSPS) is 21.8. The lowest BCUT2D eigenvalue weighted by molar-refractivity contribution is 0.1000. The third-order valence-corrected chi connectivity index (χ3v) is 5.38. The first-order valence-electron chi connectivity index (χ1n) is 9.16. The van der Waals surface area contributed by atoms with Crippen molar-refractivity contribution in [1.82, 2.24) is 14.6 Å². The van der Waals surface area contributed by atoms with Gasteiger partial charge in [0.1, 0.15) is 5.67 Å². The number of nitrogens with one attached hydrogen (secondary N) is 1. The van der Waals surface area contributed by atoms with Gasteiger partial charge in [-0.25, -0.2) is 13.9 Å². The monoisotopic (exact) mass is 383 g/mol. The molecule has 0 aliphatic heterocycles. The average molecular weight is 383 g/mol. The minimum atomic E-state index is -1.34. The maximum Gasteiger partial charge on any atom is 0.252 e. The van der Waals surface area contributed by atoms with Gasteiger partial charge in [-0.2, -0.15) is 5.10 Å². The fourth-order valence-corrected chi connectivity index (χ4v) is 3.78. The highest BCUT2D eigenvalue weighted by Crippen LogP contribution is 2.37. The van der Waals surface area contributed by atoms with Crippen molar-refractivity contribution in [2.75, 3.05) is 12.4 Å². The van der Waals surface area contributed by atoms with Crippen molar-refractivity contribution in [2.24, 2.45) is 5.73 Å². The van der Waals surface area contributed by atoms with E-state index >= 15 is 0 Å². The van der Waals surface area contributed by atoms with Gasteiger partial charge in [0.2, 0.25) is 5.88 Å². The molecule has 4 rings (SSSR count). The second-order valence-electron chi connectivity index (χ2n) is 7.31. The second-order valence-corrected chi connectivity index (χ2v) is 7.31. The number of carbonyl (C=O) groups excluding carboxylic acids is 1. The van der Waals surface area contributed by atoms with E-state index in [1.165, 1.54) is 6.20 Å². The molecule has 3 aromatic rings. The van der Waals surface area contributed by atoms with Gasteiger partial charge in [0.15, 0.2) is 0 Å². The lowest BCUT2D eigenvalue weighted by Crippen LogP contribution is -2.36. The van der Waals surface area contributed by atoms with Crippen molar-refractivity contribution in [1.29, 1.82) is 0 Å². The standard InChI is InChI=1S/C20H22FN5O2/c1-20(21)6-3-4-16(20)25-18-14(19(22)27)10-24-26-11-13(8-15(18)26)12-5-7-23-17(9-12)28-2/h5,7-11,16,25H,3-4,6H2,1-2H3,(H2,22,27). The Morgan fingerprint density at radius 3 is 2.93 bits per heavy atom. The van der Waals surface area contributed by atoms with Crippen molar-refractivity contribution in [3.8, 4) is 17.0 Å². The van der Waals surface area contributed by atoms with E-state index in [0.717, 1.165) is 17.5 Å². The number of halogens is 1. The molecule has 1 aliphatic rings. The van der Waals surface area contributed by atoms with Crippen molar-refractivity contribution in [3.05, 3.63) is 42.4 Å². The Morgan fingerprint density at radius 2 is 2.25 bits per heavy atom. The number of carbonyl (C=O) groups is 1. The summed E-state index contributed by atoms with van der Waals surface area (Å²) in [5.41, 5.74) is 7.37. The molecule has 1 amide bonds. The minimum Gasteiger partial charge on any atom is -0.481 e. The third kappa shape index (κ3) is 3.15. The molecule has 0 radical (unpaired) electrons. The first kappa shape index (κ1) is 18.2. The van der Waals surface area contributed by atoms with E-state index in [2.05, 4.69) is 15.4 Å². The Bertz CT molecular complexity index is 1050. The molecule has 0 spiro atoms. The number of primary amides is 1. The molecule has 1 fully saturated rings. The quantitative estimate of drug-likeness (QED) is 0.706. The lowest BCUT2D eigenvalue weighted by Gasteiger charge is -2.26. The number of hydrogen-bond donors (Lipinski definition) is 2. The van der Waals surface area contributed by atoms with Crippen molar-refractivity contribution >= 4 is 17.1 Å². The first-order chi connectivity index (χ1) is 13.4. The summed E-state index contributed by atoms with van der Waals surface area (Å²) < 4.78 is 21.7. The Morgan fingerprint density at radius 1 is 1.43 bits per heavy atom. The van der Waals surface area contributed by atoms with Gasteiger partial charge in [0.05, 0.1) is 36.1 Å². The zero-order valence-corrected chi connectivity index (χ0v) is 15.8. The molecule has 2 atom stereocenters. The summed E-state index contributed by atoms with van der Waals surface area (Å²) in [4.78, 5) is 16.1. The fraction of sp³-hybridized carbons (Fsp3) is 0.350. The predicted octanol–water partition coefficient (Wildman–Crippen LogP) is 3.20. The van der Waals surface area contributed by atoms with Crippen LogP contribution in [0.1, 0.15) is 36.5 Å². The minimum absolute atomic E-state index is 0.243. The number of hydrogen-bond acceptors (Lipinski definition) is 5. The summed E-state index contributed by atoms with van der Waals surface area (Å²) in [6, 6.07) is 5.17. The predicted molar refractivity (Wildman–Crippen MR) is 104 cm³/mol. The zero-order valence-electron chi connectivity index (χ0n) is 15.8. The van der Waals surface area contributed by atoms with Crippen LogP contribution in [0, 0.1) is 0 Å². The number of rotatable bonds is 5. The number of alkyl halides is 1. The molecule has 2 unspecified atom stereocenters. The molecule has 1 aliphatic carbocycles. The largest absolute Gasteiger partial charge is 0.481 e. The van der Waals surface area contributed by atoms with Gasteiger partial charge in [0.25, 0.3) is 5.91 Å². The molecule has 7 nitrogen and oxygen atoms in total. The molecular formula is C20H22FN5O2. The van der Waals surface area contributed by atoms with E-state index in [0.29, 0.717) is 29.9 Å². The summed E-state index contributed by atoms with van der Waals surface area (Å²) in [6.45, 7) is 1.59. The molecule has 0 saturated heterocycles. The summed E-state index contributed by atoms with van der Waals surface area (Å²) in [5, 5.41) is 7.54. The molecule has 28 heavy (non-hydrogen) atoms. The maximum atomic E-state index is 14.8. The summed E-state index contributed by atoms with van der Waals surface area (Å²) in [6.07, 6.45) is 6.88. The number of anilines is 1. The molecule has 3 N–H and O–H groups in total. The topological polar surface area (TPSA) is 94.5 Å². The fourth-order valence-electron chi connectivity index (χ4n) is 3.78. The number of pyridine rings is 1. The van der Waals surface area contributed by atoms with Crippen molar-refractivity contribution < 1.29 is 13.9 Å². The van der Waals surface area contributed by atoms with Gasteiger partial charge >= 0.3 is 0 Å². The van der Waals surface area contributed by atoms with Crippen LogP contribution in [0.15, 0.2) is 36.8 Å². The Labute approximate surface area is 161 Å². The van der Waals surface area contributed by atoms with Crippen LogP contribution in [-0.2, 0) is 0 Å². The van der Waals surface area contributed by atoms with Crippen LogP contribution in [-0.4, -0.2) is 39.3 Å². The van der Waals surface area contributed by atoms with Gasteiger partial charge in [-0.3, -0.25) is 4.79 Å². The number of fused-ring (bicyclic) bond motifs is 1. The van der Waals surface area contributed by atoms with Crippen LogP contribution in [0.25, 0.3) is 16.6 Å². The summed E-state index contributed by atoms with van der Waals surface area (Å²) in [5.74, 6) is -0.111. The number of aromatic nitrogens is 3. The molecule has 1 saturated carbocycles. The van der Waals surface area contributed by atoms with Gasteiger partial charge in [0, 0.05) is 24.0 Å². The first-order valence-corrected chi connectivity index (χ1v) is 9.16. The van der Waals surface area contributed by atoms with Crippen LogP contribution in [0.5, 0.6) is 5.88 Å².